The van der Waals surface area contributed by atoms with Gasteiger partial charge in [-0.1, -0.05) is 6.07 Å². The number of piperazine rings is 1. The molecule has 3 aromatic rings. The topological polar surface area (TPSA) is 50.6 Å². The van der Waals surface area contributed by atoms with Crippen LogP contribution in [0.1, 0.15) is 64.3 Å². The van der Waals surface area contributed by atoms with E-state index in [1.165, 1.54) is 23.3 Å². The van der Waals surface area contributed by atoms with Crippen molar-refractivity contribution in [2.45, 2.75) is 64.3 Å². The average molecular weight is 541 g/mol. The zero-order valence-corrected chi connectivity index (χ0v) is 22.5. The van der Waals surface area contributed by atoms with Gasteiger partial charge in [-0.05, 0) is 86.6 Å². The normalized spacial score (nSPS) is 20.1. The number of amides is 1. The zero-order valence-electron chi connectivity index (χ0n) is 22.5. The lowest BCUT2D eigenvalue weighted by atomic mass is 9.86. The van der Waals surface area contributed by atoms with Gasteiger partial charge in [0, 0.05) is 56.2 Å². The molecule has 1 aromatic heterocycles. The second kappa shape index (κ2) is 11.4. The number of fused-ring (bicyclic) bond motifs is 1. The van der Waals surface area contributed by atoms with Crippen molar-refractivity contribution in [3.05, 3.63) is 82.9 Å². The lowest BCUT2D eigenvalue weighted by Crippen LogP contribution is -2.57. The van der Waals surface area contributed by atoms with Gasteiger partial charge in [-0.25, -0.2) is 4.98 Å². The molecule has 0 spiro atoms. The molecule has 3 heterocycles. The third-order valence-corrected chi connectivity index (χ3v) is 8.21. The number of alkyl halides is 3. The van der Waals surface area contributed by atoms with E-state index in [9.17, 15) is 18.0 Å². The standard InChI is InChI=1S/C30H35F3N4O2/c1-21-22(2)28(39-18-4-14-35-15-13-34-20-35)12-11-26(21)27-6-3-5-25-19-36(16-17-37(25)27)29(38)23-7-9-24(10-8-23)30(31,32)33/h7-13,15,20,25,27H,3-6,14,16-19H2,1-2H3/t25-,27?/m0/s1. The lowest BCUT2D eigenvalue weighted by Gasteiger charge is -2.49. The molecular weight excluding hydrogens is 505 g/mol. The first-order chi connectivity index (χ1) is 18.7. The molecule has 2 aromatic carbocycles. The SMILES string of the molecule is Cc1c(OCCCn2ccnc2)ccc(C2CCC[C@H]3CN(C(=O)c4ccc(C(F)(F)F)cc4)CCN23)c1C. The van der Waals surface area contributed by atoms with Crippen LogP contribution in [0.2, 0.25) is 0 Å². The largest absolute Gasteiger partial charge is 0.493 e. The Bertz CT molecular complexity index is 1270. The number of hydrogen-bond acceptors (Lipinski definition) is 4. The van der Waals surface area contributed by atoms with Gasteiger partial charge in [0.1, 0.15) is 5.75 Å². The summed E-state index contributed by atoms with van der Waals surface area (Å²) in [6.07, 6.45) is 5.16. The maximum absolute atomic E-state index is 13.1. The highest BCUT2D eigenvalue weighted by molar-refractivity contribution is 5.94. The maximum atomic E-state index is 13.1. The van der Waals surface area contributed by atoms with Gasteiger partial charge in [0.2, 0.25) is 0 Å². The molecule has 0 radical (unpaired) electrons. The first-order valence-electron chi connectivity index (χ1n) is 13.6. The number of halogens is 3. The fourth-order valence-corrected chi connectivity index (χ4v) is 5.93. The predicted octanol–water partition coefficient (Wildman–Crippen LogP) is 6.04. The van der Waals surface area contributed by atoms with E-state index in [4.69, 9.17) is 4.74 Å². The van der Waals surface area contributed by atoms with Gasteiger partial charge in [0.15, 0.2) is 0 Å². The van der Waals surface area contributed by atoms with E-state index in [2.05, 4.69) is 35.9 Å². The third kappa shape index (κ3) is 5.98. The van der Waals surface area contributed by atoms with Gasteiger partial charge in [-0.3, -0.25) is 9.69 Å². The van der Waals surface area contributed by atoms with Crippen LogP contribution in [0, 0.1) is 13.8 Å². The molecule has 0 bridgehead atoms. The minimum Gasteiger partial charge on any atom is -0.493 e. The first-order valence-corrected chi connectivity index (χ1v) is 13.6. The van der Waals surface area contributed by atoms with Crippen molar-refractivity contribution in [3.8, 4) is 5.75 Å². The number of aromatic nitrogens is 2. The molecular formula is C30H35F3N4O2. The molecule has 39 heavy (non-hydrogen) atoms. The summed E-state index contributed by atoms with van der Waals surface area (Å²) in [6, 6.07) is 9.33. The molecule has 9 heteroatoms. The summed E-state index contributed by atoms with van der Waals surface area (Å²) in [5.74, 6) is 0.716. The fourth-order valence-electron chi connectivity index (χ4n) is 5.93. The van der Waals surface area contributed by atoms with Crippen molar-refractivity contribution in [3.63, 3.8) is 0 Å². The van der Waals surface area contributed by atoms with Gasteiger partial charge in [0.25, 0.3) is 5.91 Å². The molecule has 0 saturated carbocycles. The number of carbonyl (C=O) groups excluding carboxylic acids is 1. The quantitative estimate of drug-likeness (QED) is 0.343. The van der Waals surface area contributed by atoms with Crippen molar-refractivity contribution in [1.29, 1.82) is 0 Å². The third-order valence-electron chi connectivity index (χ3n) is 8.21. The van der Waals surface area contributed by atoms with Crippen molar-refractivity contribution in [2.75, 3.05) is 26.2 Å². The van der Waals surface area contributed by atoms with Crippen LogP contribution < -0.4 is 4.74 Å². The zero-order chi connectivity index (χ0) is 27.6. The lowest BCUT2D eigenvalue weighted by molar-refractivity contribution is -0.137. The number of rotatable bonds is 7. The Balaban J connectivity index is 1.22. The smallest absolute Gasteiger partial charge is 0.416 e. The summed E-state index contributed by atoms with van der Waals surface area (Å²) < 4.78 is 46.9. The Kier molecular flexibility index (Phi) is 7.98. The predicted molar refractivity (Wildman–Crippen MR) is 143 cm³/mol. The summed E-state index contributed by atoms with van der Waals surface area (Å²) in [4.78, 5) is 21.5. The molecule has 5 rings (SSSR count). The molecule has 1 amide bonds. The molecule has 0 N–H and O–H groups in total. The highest BCUT2D eigenvalue weighted by atomic mass is 19.4. The maximum Gasteiger partial charge on any atom is 0.416 e. The Morgan fingerprint density at radius 1 is 1.05 bits per heavy atom. The number of aryl methyl sites for hydroxylation is 1. The molecule has 1 unspecified atom stereocenters. The molecule has 0 aliphatic carbocycles. The van der Waals surface area contributed by atoms with Crippen molar-refractivity contribution in [1.82, 2.24) is 19.4 Å². The minimum atomic E-state index is -4.41. The number of carbonyl (C=O) groups is 1. The summed E-state index contributed by atoms with van der Waals surface area (Å²) in [7, 11) is 0. The molecule has 2 fully saturated rings. The molecule has 6 nitrogen and oxygen atoms in total. The van der Waals surface area contributed by atoms with Gasteiger partial charge in [0.05, 0.1) is 18.5 Å². The minimum absolute atomic E-state index is 0.202. The van der Waals surface area contributed by atoms with E-state index < -0.39 is 11.7 Å². The van der Waals surface area contributed by atoms with Crippen molar-refractivity contribution < 1.29 is 22.7 Å². The summed E-state index contributed by atoms with van der Waals surface area (Å²) in [6.45, 7) is 7.68. The number of ether oxygens (including phenoxy) is 1. The Hall–Kier alpha value is -3.33. The van der Waals surface area contributed by atoms with E-state index in [0.29, 0.717) is 25.3 Å². The summed E-state index contributed by atoms with van der Waals surface area (Å²) in [5, 5.41) is 0. The summed E-state index contributed by atoms with van der Waals surface area (Å²) in [5.41, 5.74) is 3.28. The first kappa shape index (κ1) is 27.2. The number of benzene rings is 2. The van der Waals surface area contributed by atoms with E-state index in [1.807, 2.05) is 17.1 Å². The Morgan fingerprint density at radius 2 is 1.85 bits per heavy atom. The van der Waals surface area contributed by atoms with Gasteiger partial charge in [-0.2, -0.15) is 13.2 Å². The Morgan fingerprint density at radius 3 is 2.56 bits per heavy atom. The van der Waals surface area contributed by atoms with E-state index in [-0.39, 0.29) is 18.0 Å². The van der Waals surface area contributed by atoms with E-state index >= 15 is 0 Å². The van der Waals surface area contributed by atoms with Gasteiger partial charge < -0.3 is 14.2 Å². The molecule has 2 saturated heterocycles. The molecule has 208 valence electrons. The van der Waals surface area contributed by atoms with E-state index in [1.54, 1.807) is 11.1 Å². The van der Waals surface area contributed by atoms with Crippen LogP contribution in [0.5, 0.6) is 5.75 Å². The number of imidazole rings is 1. The van der Waals surface area contributed by atoms with Crippen LogP contribution in [0.15, 0.2) is 55.1 Å². The number of piperidine rings is 1. The van der Waals surface area contributed by atoms with Crippen LogP contribution in [0.3, 0.4) is 0 Å². The van der Waals surface area contributed by atoms with Gasteiger partial charge >= 0.3 is 6.18 Å². The average Bonchev–Trinajstić information content (AvgIpc) is 3.46. The Labute approximate surface area is 227 Å². The van der Waals surface area contributed by atoms with Crippen LogP contribution in [-0.2, 0) is 12.7 Å². The van der Waals surface area contributed by atoms with E-state index in [0.717, 1.165) is 62.2 Å². The van der Waals surface area contributed by atoms with Crippen LogP contribution in [0.4, 0.5) is 13.2 Å². The van der Waals surface area contributed by atoms with Crippen LogP contribution >= 0.6 is 0 Å². The second-order valence-electron chi connectivity index (χ2n) is 10.6. The number of hydrogen-bond donors (Lipinski definition) is 0. The molecule has 2 aliphatic rings. The molecule has 2 atom stereocenters. The van der Waals surface area contributed by atoms with Crippen molar-refractivity contribution >= 4 is 5.91 Å². The monoisotopic (exact) mass is 540 g/mol. The molecule has 2 aliphatic heterocycles. The van der Waals surface area contributed by atoms with Gasteiger partial charge in [-0.15, -0.1) is 0 Å². The van der Waals surface area contributed by atoms with Crippen LogP contribution in [0.25, 0.3) is 0 Å². The van der Waals surface area contributed by atoms with Crippen LogP contribution in [-0.4, -0.2) is 57.5 Å². The fraction of sp³-hybridized carbons (Fsp3) is 0.467. The van der Waals surface area contributed by atoms with Crippen molar-refractivity contribution in [2.24, 2.45) is 0 Å². The number of nitrogens with zero attached hydrogens (tertiary/aromatic N) is 4. The summed E-state index contributed by atoms with van der Waals surface area (Å²) >= 11 is 0. The second-order valence-corrected chi connectivity index (χ2v) is 10.6. The highest BCUT2D eigenvalue weighted by Gasteiger charge is 2.38. The highest BCUT2D eigenvalue weighted by Crippen LogP contribution is 2.40.